The van der Waals surface area contributed by atoms with Crippen LogP contribution in [0.25, 0.3) is 0 Å². The summed E-state index contributed by atoms with van der Waals surface area (Å²) in [7, 11) is 0. The topological polar surface area (TPSA) is 120 Å². The number of carbonyl (C=O) groups excluding carboxylic acids is 1. The number of hydrogen-bond acceptors (Lipinski definition) is 6. The number of aliphatic hydroxyl groups is 2. The lowest BCUT2D eigenvalue weighted by atomic mass is 10.0. The van der Waals surface area contributed by atoms with Gasteiger partial charge in [0.2, 0.25) is 5.91 Å². The maximum absolute atomic E-state index is 10.7. The number of nitrogens with zero attached hydrogens (tertiary/aromatic N) is 1. The Morgan fingerprint density at radius 2 is 2.22 bits per heavy atom. The fourth-order valence-corrected chi connectivity index (χ4v) is 1.44. The van der Waals surface area contributed by atoms with E-state index in [9.17, 15) is 15.0 Å². The van der Waals surface area contributed by atoms with Crippen molar-refractivity contribution >= 4 is 11.7 Å². The number of hydrazine groups is 1. The Labute approximate surface area is 105 Å². The minimum absolute atomic E-state index is 0.170. The molecule has 0 aliphatic rings. The van der Waals surface area contributed by atoms with Gasteiger partial charge in [-0.15, -0.1) is 0 Å². The van der Waals surface area contributed by atoms with E-state index in [0.29, 0.717) is 17.9 Å². The summed E-state index contributed by atoms with van der Waals surface area (Å²) in [6.45, 7) is 1.70. The van der Waals surface area contributed by atoms with Crippen LogP contribution < -0.4 is 16.6 Å². The van der Waals surface area contributed by atoms with Crippen molar-refractivity contribution in [3.8, 4) is 0 Å². The molecule has 0 aliphatic carbocycles. The molecule has 0 saturated carbocycles. The maximum Gasteiger partial charge on any atom is 0.216 e. The molecule has 0 bridgehead atoms. The highest BCUT2D eigenvalue weighted by Gasteiger charge is 2.18. The van der Waals surface area contributed by atoms with E-state index in [-0.39, 0.29) is 12.3 Å². The normalized spacial score (nSPS) is 13.8. The van der Waals surface area contributed by atoms with Crippen LogP contribution in [0.5, 0.6) is 0 Å². The van der Waals surface area contributed by atoms with Crippen molar-refractivity contribution in [2.45, 2.75) is 25.6 Å². The number of aliphatic hydroxyl groups excluding tert-OH is 2. The number of nitrogen functional groups attached to an aromatic ring is 1. The zero-order valence-corrected chi connectivity index (χ0v) is 10.1. The van der Waals surface area contributed by atoms with Gasteiger partial charge < -0.3 is 21.0 Å². The van der Waals surface area contributed by atoms with Gasteiger partial charge in [0.15, 0.2) is 0 Å². The molecule has 0 fully saturated rings. The molecule has 1 heterocycles. The van der Waals surface area contributed by atoms with E-state index in [0.717, 1.165) is 0 Å². The number of rotatable bonds is 6. The Balaban J connectivity index is 2.51. The number of amides is 1. The molecule has 0 radical (unpaired) electrons. The van der Waals surface area contributed by atoms with Crippen molar-refractivity contribution in [1.29, 1.82) is 0 Å². The number of anilines is 1. The molecule has 18 heavy (non-hydrogen) atoms. The summed E-state index contributed by atoms with van der Waals surface area (Å²) >= 11 is 0. The van der Waals surface area contributed by atoms with Gasteiger partial charge in [0.1, 0.15) is 11.9 Å². The monoisotopic (exact) mass is 254 g/mol. The molecule has 2 atom stereocenters. The van der Waals surface area contributed by atoms with Crippen LogP contribution in [0.3, 0.4) is 0 Å². The summed E-state index contributed by atoms with van der Waals surface area (Å²) < 4.78 is 0. The van der Waals surface area contributed by atoms with E-state index < -0.39 is 12.2 Å². The van der Waals surface area contributed by atoms with Crippen LogP contribution >= 0.6 is 0 Å². The molecule has 1 amide bonds. The zero-order chi connectivity index (χ0) is 13.5. The fraction of sp³-hybridized carbons (Fsp3) is 0.455. The Hall–Kier alpha value is -1.70. The predicted octanol–water partition coefficient (Wildman–Crippen LogP) is -0.712. The van der Waals surface area contributed by atoms with E-state index in [2.05, 4.69) is 15.7 Å². The first-order valence-corrected chi connectivity index (χ1v) is 5.57. The molecule has 100 valence electrons. The third-order valence-corrected chi connectivity index (χ3v) is 2.45. The standard InChI is InChI=1S/C11H18N4O3/c1-7(16)13-5-4-9(17)11(18)8-2-3-10(15-12)14-6-8/h2-3,6,9,11,17-18H,4-5,12H2,1H3,(H,13,16)(H,14,15). The number of nitrogens with two attached hydrogens (primary N) is 1. The minimum Gasteiger partial charge on any atom is -0.390 e. The second-order valence-electron chi connectivity index (χ2n) is 3.90. The molecular formula is C11H18N4O3. The van der Waals surface area contributed by atoms with Crippen molar-refractivity contribution in [2.24, 2.45) is 5.84 Å². The van der Waals surface area contributed by atoms with Gasteiger partial charge in [0, 0.05) is 25.2 Å². The van der Waals surface area contributed by atoms with Crippen molar-refractivity contribution < 1.29 is 15.0 Å². The number of carbonyl (C=O) groups is 1. The van der Waals surface area contributed by atoms with Crippen LogP contribution in [0, 0.1) is 0 Å². The lowest BCUT2D eigenvalue weighted by molar-refractivity contribution is -0.119. The Morgan fingerprint density at radius 1 is 1.50 bits per heavy atom. The van der Waals surface area contributed by atoms with Crippen molar-refractivity contribution in [2.75, 3.05) is 12.0 Å². The van der Waals surface area contributed by atoms with Crippen LogP contribution in [0.4, 0.5) is 5.82 Å². The van der Waals surface area contributed by atoms with E-state index in [1.165, 1.54) is 13.1 Å². The summed E-state index contributed by atoms with van der Waals surface area (Å²) in [4.78, 5) is 14.6. The van der Waals surface area contributed by atoms with Crippen molar-refractivity contribution in [1.82, 2.24) is 10.3 Å². The highest BCUT2D eigenvalue weighted by Crippen LogP contribution is 2.18. The van der Waals surface area contributed by atoms with Gasteiger partial charge in [0.25, 0.3) is 0 Å². The van der Waals surface area contributed by atoms with Gasteiger partial charge in [-0.3, -0.25) is 4.79 Å². The first kappa shape index (κ1) is 14.4. The average molecular weight is 254 g/mol. The predicted molar refractivity (Wildman–Crippen MR) is 66.3 cm³/mol. The Morgan fingerprint density at radius 3 is 2.72 bits per heavy atom. The number of pyridine rings is 1. The van der Waals surface area contributed by atoms with Crippen molar-refractivity contribution in [3.63, 3.8) is 0 Å². The first-order valence-electron chi connectivity index (χ1n) is 5.57. The number of hydrogen-bond donors (Lipinski definition) is 5. The average Bonchev–Trinajstić information content (AvgIpc) is 2.37. The van der Waals surface area contributed by atoms with Gasteiger partial charge in [-0.1, -0.05) is 6.07 Å². The molecule has 1 rings (SSSR count). The largest absolute Gasteiger partial charge is 0.390 e. The third kappa shape index (κ3) is 4.28. The molecule has 7 nitrogen and oxygen atoms in total. The van der Waals surface area contributed by atoms with E-state index >= 15 is 0 Å². The van der Waals surface area contributed by atoms with Gasteiger partial charge >= 0.3 is 0 Å². The van der Waals surface area contributed by atoms with E-state index in [1.54, 1.807) is 12.1 Å². The van der Waals surface area contributed by atoms with Crippen LogP contribution in [-0.2, 0) is 4.79 Å². The summed E-state index contributed by atoms with van der Waals surface area (Å²) in [5.74, 6) is 5.47. The summed E-state index contributed by atoms with van der Waals surface area (Å²) in [5.41, 5.74) is 2.86. The smallest absolute Gasteiger partial charge is 0.216 e. The molecule has 0 spiro atoms. The van der Waals surface area contributed by atoms with Crippen LogP contribution in [0.15, 0.2) is 18.3 Å². The fourth-order valence-electron chi connectivity index (χ4n) is 1.44. The second kappa shape index (κ2) is 6.90. The quantitative estimate of drug-likeness (QED) is 0.338. The summed E-state index contributed by atoms with van der Waals surface area (Å²) in [6.07, 6.45) is -0.313. The third-order valence-electron chi connectivity index (χ3n) is 2.45. The molecule has 0 aliphatic heterocycles. The molecule has 0 aromatic carbocycles. The lowest BCUT2D eigenvalue weighted by Crippen LogP contribution is -2.27. The van der Waals surface area contributed by atoms with Gasteiger partial charge in [-0.25, -0.2) is 10.8 Å². The van der Waals surface area contributed by atoms with Crippen LogP contribution in [-0.4, -0.2) is 33.8 Å². The summed E-state index contributed by atoms with van der Waals surface area (Å²) in [6, 6.07) is 3.22. The lowest BCUT2D eigenvalue weighted by Gasteiger charge is -2.18. The Kier molecular flexibility index (Phi) is 5.50. The maximum atomic E-state index is 10.7. The zero-order valence-electron chi connectivity index (χ0n) is 10.1. The molecule has 1 aromatic rings. The van der Waals surface area contributed by atoms with E-state index in [4.69, 9.17) is 5.84 Å². The molecule has 6 N–H and O–H groups in total. The minimum atomic E-state index is -1.04. The van der Waals surface area contributed by atoms with Gasteiger partial charge in [-0.2, -0.15) is 0 Å². The van der Waals surface area contributed by atoms with Gasteiger partial charge in [-0.05, 0) is 12.5 Å². The number of nitrogens with one attached hydrogen (secondary N) is 2. The summed E-state index contributed by atoms with van der Waals surface area (Å²) in [5, 5.41) is 22.2. The van der Waals surface area contributed by atoms with Crippen molar-refractivity contribution in [3.05, 3.63) is 23.9 Å². The highest BCUT2D eigenvalue weighted by molar-refractivity contribution is 5.72. The highest BCUT2D eigenvalue weighted by atomic mass is 16.3. The Bertz CT molecular complexity index is 382. The van der Waals surface area contributed by atoms with Crippen LogP contribution in [0.1, 0.15) is 25.0 Å². The molecule has 0 saturated heterocycles. The number of aromatic nitrogens is 1. The molecule has 2 unspecified atom stereocenters. The van der Waals surface area contributed by atoms with E-state index in [1.807, 2.05) is 0 Å². The van der Waals surface area contributed by atoms with Gasteiger partial charge in [0.05, 0.1) is 6.10 Å². The first-order chi connectivity index (χ1) is 8.54. The molecule has 7 heteroatoms. The SMILES string of the molecule is CC(=O)NCCC(O)C(O)c1ccc(NN)nc1. The molecule has 1 aromatic heterocycles. The van der Waals surface area contributed by atoms with Crippen LogP contribution in [0.2, 0.25) is 0 Å². The molecular weight excluding hydrogens is 236 g/mol. The second-order valence-corrected chi connectivity index (χ2v) is 3.90.